The van der Waals surface area contributed by atoms with Gasteiger partial charge in [0.1, 0.15) is 12.2 Å². The monoisotopic (exact) mass is 560 g/mol. The van der Waals surface area contributed by atoms with Gasteiger partial charge in [0.2, 0.25) is 0 Å². The van der Waals surface area contributed by atoms with Crippen molar-refractivity contribution < 1.29 is 14.3 Å². The zero-order valence-electron chi connectivity index (χ0n) is 15.4. The molecule has 0 radical (unpaired) electrons. The van der Waals surface area contributed by atoms with E-state index in [1.54, 1.807) is 12.1 Å². The maximum absolute atomic E-state index is 12.4. The SMILES string of the molecule is CN1C(=O)C(=Cc2cc(Cl)c(OCc3ccc(I)cc3)c(Cl)c2)C(=O)N(C)C1=S. The normalized spacial score (nSPS) is 14.5. The molecule has 2 amide bonds. The lowest BCUT2D eigenvalue weighted by Crippen LogP contribution is -2.52. The number of carbonyl (C=O) groups excluding carboxylic acids is 2. The molecular weight excluding hydrogens is 546 g/mol. The van der Waals surface area contributed by atoms with Crippen molar-refractivity contribution in [3.8, 4) is 5.75 Å². The molecule has 0 saturated carbocycles. The molecule has 1 saturated heterocycles. The van der Waals surface area contributed by atoms with Crippen LogP contribution >= 0.6 is 58.0 Å². The first-order valence-electron chi connectivity index (χ1n) is 8.37. The number of likely N-dealkylation sites (N-methyl/N-ethyl adjacent to an activating group) is 2. The maximum Gasteiger partial charge on any atom is 0.265 e. The van der Waals surface area contributed by atoms with Gasteiger partial charge in [0.15, 0.2) is 10.9 Å². The van der Waals surface area contributed by atoms with Crippen LogP contribution in [0.25, 0.3) is 6.08 Å². The molecule has 0 unspecified atom stereocenters. The van der Waals surface area contributed by atoms with E-state index in [4.69, 9.17) is 40.2 Å². The maximum atomic E-state index is 12.4. The third-order valence-electron chi connectivity index (χ3n) is 4.27. The Bertz CT molecular complexity index is 992. The molecule has 1 aliphatic heterocycles. The molecule has 1 heterocycles. The van der Waals surface area contributed by atoms with Gasteiger partial charge in [0, 0.05) is 17.7 Å². The zero-order valence-corrected chi connectivity index (χ0v) is 19.9. The molecule has 3 rings (SSSR count). The lowest BCUT2D eigenvalue weighted by Gasteiger charge is -2.31. The highest BCUT2D eigenvalue weighted by molar-refractivity contribution is 14.1. The minimum atomic E-state index is -0.482. The lowest BCUT2D eigenvalue weighted by molar-refractivity contribution is -0.132. The highest BCUT2D eigenvalue weighted by atomic mass is 127. The predicted molar refractivity (Wildman–Crippen MR) is 126 cm³/mol. The first-order valence-corrected chi connectivity index (χ1v) is 10.6. The molecule has 0 spiro atoms. The van der Waals surface area contributed by atoms with Gasteiger partial charge in [-0.2, -0.15) is 0 Å². The van der Waals surface area contributed by atoms with Crippen molar-refractivity contribution >= 4 is 81.0 Å². The Morgan fingerprint density at radius 1 is 1.03 bits per heavy atom. The Labute approximate surface area is 197 Å². The van der Waals surface area contributed by atoms with Crippen molar-refractivity contribution in [3.63, 3.8) is 0 Å². The Morgan fingerprint density at radius 2 is 1.55 bits per heavy atom. The van der Waals surface area contributed by atoms with E-state index in [0.29, 0.717) is 17.9 Å². The number of benzene rings is 2. The van der Waals surface area contributed by atoms with Gasteiger partial charge in [-0.05, 0) is 76.3 Å². The first-order chi connectivity index (χ1) is 13.7. The van der Waals surface area contributed by atoms with E-state index in [1.165, 1.54) is 30.0 Å². The number of hydrogen-bond donors (Lipinski definition) is 0. The van der Waals surface area contributed by atoms with Gasteiger partial charge in [-0.25, -0.2) is 0 Å². The smallest absolute Gasteiger partial charge is 0.265 e. The van der Waals surface area contributed by atoms with Crippen molar-refractivity contribution in [1.82, 2.24) is 9.80 Å². The van der Waals surface area contributed by atoms with Gasteiger partial charge < -0.3 is 4.74 Å². The molecule has 2 aromatic carbocycles. The van der Waals surface area contributed by atoms with Gasteiger partial charge in [-0.3, -0.25) is 19.4 Å². The van der Waals surface area contributed by atoms with Crippen molar-refractivity contribution in [3.05, 3.63) is 66.7 Å². The van der Waals surface area contributed by atoms with E-state index in [9.17, 15) is 9.59 Å². The highest BCUT2D eigenvalue weighted by Gasteiger charge is 2.35. The summed E-state index contributed by atoms with van der Waals surface area (Å²) in [6.45, 7) is 0.306. The van der Waals surface area contributed by atoms with Crippen LogP contribution < -0.4 is 4.74 Å². The minimum Gasteiger partial charge on any atom is -0.486 e. The van der Waals surface area contributed by atoms with Crippen LogP contribution in [-0.4, -0.2) is 40.8 Å². The summed E-state index contributed by atoms with van der Waals surface area (Å²) in [7, 11) is 3.03. The summed E-state index contributed by atoms with van der Waals surface area (Å²) < 4.78 is 6.90. The second kappa shape index (κ2) is 8.99. The number of thiocarbonyl (C=S) groups is 1. The first kappa shape index (κ1) is 22.0. The number of hydrogen-bond acceptors (Lipinski definition) is 4. The molecule has 29 heavy (non-hydrogen) atoms. The van der Waals surface area contributed by atoms with E-state index in [1.807, 2.05) is 24.3 Å². The van der Waals surface area contributed by atoms with Crippen LogP contribution in [0, 0.1) is 3.57 Å². The Balaban J connectivity index is 1.86. The average Bonchev–Trinajstić information content (AvgIpc) is 2.69. The molecule has 0 aliphatic carbocycles. The van der Waals surface area contributed by atoms with Crippen molar-refractivity contribution in [1.29, 1.82) is 0 Å². The molecule has 9 heteroatoms. The van der Waals surface area contributed by atoms with Gasteiger partial charge in [0.25, 0.3) is 11.8 Å². The van der Waals surface area contributed by atoms with Gasteiger partial charge in [-0.15, -0.1) is 0 Å². The van der Waals surface area contributed by atoms with E-state index in [0.717, 1.165) is 9.13 Å². The van der Waals surface area contributed by atoms with E-state index in [2.05, 4.69) is 22.6 Å². The number of halogens is 3. The predicted octanol–water partition coefficient (Wildman–Crippen LogP) is 4.78. The largest absolute Gasteiger partial charge is 0.486 e. The van der Waals surface area contributed by atoms with Gasteiger partial charge >= 0.3 is 0 Å². The van der Waals surface area contributed by atoms with Gasteiger partial charge in [0.05, 0.1) is 10.0 Å². The summed E-state index contributed by atoms with van der Waals surface area (Å²) in [4.78, 5) is 27.4. The quantitative estimate of drug-likeness (QED) is 0.234. The fourth-order valence-electron chi connectivity index (χ4n) is 2.68. The number of amides is 2. The van der Waals surface area contributed by atoms with Crippen LogP contribution in [0.1, 0.15) is 11.1 Å². The Morgan fingerprint density at radius 3 is 2.07 bits per heavy atom. The summed E-state index contributed by atoms with van der Waals surface area (Å²) >= 11 is 20.0. The second-order valence-electron chi connectivity index (χ2n) is 6.30. The van der Waals surface area contributed by atoms with Crippen LogP contribution in [0.3, 0.4) is 0 Å². The average molecular weight is 561 g/mol. The van der Waals surface area contributed by atoms with Crippen LogP contribution in [-0.2, 0) is 16.2 Å². The van der Waals surface area contributed by atoms with Gasteiger partial charge in [-0.1, -0.05) is 35.3 Å². The summed E-state index contributed by atoms with van der Waals surface area (Å²) in [5.74, 6) is -0.625. The third kappa shape index (κ3) is 4.74. The summed E-state index contributed by atoms with van der Waals surface area (Å²) in [5, 5.41) is 0.707. The molecule has 0 aromatic heterocycles. The summed E-state index contributed by atoms with van der Waals surface area (Å²) in [5.41, 5.74) is 1.46. The van der Waals surface area contributed by atoms with Crippen molar-refractivity contribution in [2.24, 2.45) is 0 Å². The number of carbonyl (C=O) groups is 2. The number of nitrogens with zero attached hydrogens (tertiary/aromatic N) is 2. The molecule has 0 N–H and O–H groups in total. The standard InChI is InChI=1S/C20H15Cl2IN2O3S/c1-24-18(26)14(19(27)25(2)20(24)29)7-12-8-15(21)17(16(22)9-12)28-10-11-3-5-13(23)6-4-11/h3-9H,10H2,1-2H3. The highest BCUT2D eigenvalue weighted by Crippen LogP contribution is 2.35. The fraction of sp³-hybridized carbons (Fsp3) is 0.150. The molecule has 1 aliphatic rings. The molecule has 1 fully saturated rings. The van der Waals surface area contributed by atoms with Crippen LogP contribution in [0.15, 0.2) is 42.0 Å². The third-order valence-corrected chi connectivity index (χ3v) is 6.10. The number of ether oxygens (including phenoxy) is 1. The molecule has 150 valence electrons. The summed E-state index contributed by atoms with van der Waals surface area (Å²) in [6.07, 6.45) is 1.44. The molecule has 5 nitrogen and oxygen atoms in total. The molecule has 2 aromatic rings. The van der Waals surface area contributed by atoms with Crippen molar-refractivity contribution in [2.45, 2.75) is 6.61 Å². The molecule has 0 atom stereocenters. The Hall–Kier alpha value is -1.68. The second-order valence-corrected chi connectivity index (χ2v) is 8.72. The van der Waals surface area contributed by atoms with Crippen molar-refractivity contribution in [2.75, 3.05) is 14.1 Å². The minimum absolute atomic E-state index is 0.0247. The molecule has 0 bridgehead atoms. The van der Waals surface area contributed by atoms with Crippen LogP contribution in [0.5, 0.6) is 5.75 Å². The number of rotatable bonds is 4. The fourth-order valence-corrected chi connectivity index (χ4v) is 3.82. The zero-order chi connectivity index (χ0) is 21.3. The lowest BCUT2D eigenvalue weighted by atomic mass is 10.1. The van der Waals surface area contributed by atoms with Crippen LogP contribution in [0.4, 0.5) is 0 Å². The van der Waals surface area contributed by atoms with E-state index < -0.39 is 11.8 Å². The molecular formula is C20H15Cl2IN2O3S. The van der Waals surface area contributed by atoms with E-state index in [-0.39, 0.29) is 20.7 Å². The topological polar surface area (TPSA) is 49.9 Å². The summed E-state index contributed by atoms with van der Waals surface area (Å²) in [6, 6.07) is 11.1. The Kier molecular flexibility index (Phi) is 6.83. The van der Waals surface area contributed by atoms with E-state index >= 15 is 0 Å². The van der Waals surface area contributed by atoms with Crippen LogP contribution in [0.2, 0.25) is 10.0 Å².